The lowest BCUT2D eigenvalue weighted by Gasteiger charge is -2.01. The number of carbonyl (C=O) groups is 2. The van der Waals surface area contributed by atoms with E-state index in [2.05, 4.69) is 0 Å². The minimum absolute atomic E-state index is 0.0604. The van der Waals surface area contributed by atoms with E-state index < -0.39 is 5.97 Å². The van der Waals surface area contributed by atoms with Crippen LogP contribution in [0.1, 0.15) is 36.7 Å². The molecule has 0 amide bonds. The lowest BCUT2D eigenvalue weighted by atomic mass is 10.0. The summed E-state index contributed by atoms with van der Waals surface area (Å²) in [4.78, 5) is 22.3. The number of benzene rings is 1. The zero-order valence-corrected chi connectivity index (χ0v) is 10.7. The Morgan fingerprint density at radius 1 is 0.944 bits per heavy atom. The van der Waals surface area contributed by atoms with Gasteiger partial charge in [-0.15, -0.1) is 0 Å². The predicted molar refractivity (Wildman–Crippen MR) is 71.5 cm³/mol. The Kier molecular flexibility index (Phi) is 4.60. The second-order valence-corrected chi connectivity index (χ2v) is 4.33. The Morgan fingerprint density at radius 2 is 1.44 bits per heavy atom. The lowest BCUT2D eigenvalue weighted by Crippen LogP contribution is -1.96. The SMILES string of the molecule is CC(C)=CC(=O)/C=C(\C)c1ccc(C(=O)O)cc1. The van der Waals surface area contributed by atoms with Crippen molar-refractivity contribution in [2.75, 3.05) is 0 Å². The molecule has 0 saturated carbocycles. The Labute approximate surface area is 106 Å². The molecule has 1 aromatic rings. The highest BCUT2D eigenvalue weighted by Gasteiger charge is 2.03. The van der Waals surface area contributed by atoms with Crippen molar-refractivity contribution in [3.63, 3.8) is 0 Å². The standard InChI is InChI=1S/C15H16O3/c1-10(2)8-14(16)9-11(3)12-4-6-13(7-5-12)15(17)18/h4-9H,1-3H3,(H,17,18)/b11-9+. The summed E-state index contributed by atoms with van der Waals surface area (Å²) in [6, 6.07) is 6.46. The van der Waals surface area contributed by atoms with E-state index in [1.807, 2.05) is 20.8 Å². The van der Waals surface area contributed by atoms with Crippen LogP contribution in [-0.4, -0.2) is 16.9 Å². The van der Waals surface area contributed by atoms with Gasteiger partial charge in [0, 0.05) is 0 Å². The molecule has 0 spiro atoms. The summed E-state index contributed by atoms with van der Waals surface area (Å²) in [6.45, 7) is 5.55. The zero-order chi connectivity index (χ0) is 13.7. The van der Waals surface area contributed by atoms with Crippen LogP contribution in [0, 0.1) is 0 Å². The van der Waals surface area contributed by atoms with Crippen LogP contribution < -0.4 is 0 Å². The third-order valence-electron chi connectivity index (χ3n) is 2.38. The van der Waals surface area contributed by atoms with Crippen LogP contribution in [0.2, 0.25) is 0 Å². The number of hydrogen-bond donors (Lipinski definition) is 1. The number of aromatic carboxylic acids is 1. The molecule has 0 atom stereocenters. The number of hydrogen-bond acceptors (Lipinski definition) is 2. The maximum absolute atomic E-state index is 11.6. The summed E-state index contributed by atoms with van der Waals surface area (Å²) in [5.74, 6) is -1.02. The first-order valence-corrected chi connectivity index (χ1v) is 5.61. The molecule has 0 aliphatic carbocycles. The fourth-order valence-electron chi connectivity index (χ4n) is 1.50. The molecule has 3 heteroatoms. The van der Waals surface area contributed by atoms with Gasteiger partial charge in [-0.25, -0.2) is 4.79 Å². The van der Waals surface area contributed by atoms with Gasteiger partial charge >= 0.3 is 5.97 Å². The first-order valence-electron chi connectivity index (χ1n) is 5.61. The van der Waals surface area contributed by atoms with Crippen molar-refractivity contribution in [1.29, 1.82) is 0 Å². The van der Waals surface area contributed by atoms with Gasteiger partial charge in [0.25, 0.3) is 0 Å². The third-order valence-corrected chi connectivity index (χ3v) is 2.38. The molecule has 1 rings (SSSR count). The van der Waals surface area contributed by atoms with Crippen molar-refractivity contribution >= 4 is 17.3 Å². The molecule has 94 valence electrons. The number of rotatable bonds is 4. The highest BCUT2D eigenvalue weighted by molar-refractivity contribution is 6.04. The molecule has 1 N–H and O–H groups in total. The second kappa shape index (κ2) is 5.96. The number of carbonyl (C=O) groups excluding carboxylic acids is 1. The first-order chi connectivity index (χ1) is 8.40. The topological polar surface area (TPSA) is 54.4 Å². The van der Waals surface area contributed by atoms with Crippen molar-refractivity contribution in [3.8, 4) is 0 Å². The summed E-state index contributed by atoms with van der Waals surface area (Å²) >= 11 is 0. The maximum atomic E-state index is 11.6. The molecular formula is C15H16O3. The van der Waals surface area contributed by atoms with Gasteiger partial charge in [-0.3, -0.25) is 4.79 Å². The van der Waals surface area contributed by atoms with E-state index in [0.29, 0.717) is 0 Å². The van der Waals surface area contributed by atoms with Crippen LogP contribution in [0.4, 0.5) is 0 Å². The molecule has 3 nitrogen and oxygen atoms in total. The molecule has 0 bridgehead atoms. The first kappa shape index (κ1) is 13.9. The predicted octanol–water partition coefficient (Wildman–Crippen LogP) is 3.32. The fraction of sp³-hybridized carbons (Fsp3) is 0.200. The van der Waals surface area contributed by atoms with Gasteiger partial charge in [0.05, 0.1) is 5.56 Å². The van der Waals surface area contributed by atoms with Crippen LogP contribution in [0.3, 0.4) is 0 Å². The molecule has 0 saturated heterocycles. The molecule has 0 unspecified atom stereocenters. The quantitative estimate of drug-likeness (QED) is 0.826. The molecule has 0 aromatic heterocycles. The molecule has 0 aliphatic rings. The highest BCUT2D eigenvalue weighted by atomic mass is 16.4. The monoisotopic (exact) mass is 244 g/mol. The Hall–Kier alpha value is -2.16. The smallest absolute Gasteiger partial charge is 0.335 e. The van der Waals surface area contributed by atoms with Crippen LogP contribution in [0.5, 0.6) is 0 Å². The summed E-state index contributed by atoms with van der Waals surface area (Å²) in [6.07, 6.45) is 3.11. The number of allylic oxidation sites excluding steroid dienone is 4. The van der Waals surface area contributed by atoms with Crippen molar-refractivity contribution in [3.05, 3.63) is 53.1 Å². The molecular weight excluding hydrogens is 228 g/mol. The molecule has 0 radical (unpaired) electrons. The zero-order valence-electron chi connectivity index (χ0n) is 10.7. The van der Waals surface area contributed by atoms with Crippen molar-refractivity contribution in [2.24, 2.45) is 0 Å². The summed E-state index contributed by atoms with van der Waals surface area (Å²) in [7, 11) is 0. The highest BCUT2D eigenvalue weighted by Crippen LogP contribution is 2.15. The molecule has 1 aromatic carbocycles. The molecule has 0 heterocycles. The van der Waals surface area contributed by atoms with Crippen LogP contribution in [0.25, 0.3) is 5.57 Å². The van der Waals surface area contributed by atoms with Crippen molar-refractivity contribution in [2.45, 2.75) is 20.8 Å². The van der Waals surface area contributed by atoms with Crippen LogP contribution >= 0.6 is 0 Å². The van der Waals surface area contributed by atoms with E-state index in [9.17, 15) is 9.59 Å². The maximum Gasteiger partial charge on any atom is 0.335 e. The van der Waals surface area contributed by atoms with Gasteiger partial charge in [-0.05, 0) is 56.2 Å². The Balaban J connectivity index is 2.94. The summed E-state index contributed by atoms with van der Waals surface area (Å²) in [5, 5.41) is 8.78. The van der Waals surface area contributed by atoms with Gasteiger partial charge in [-0.1, -0.05) is 17.7 Å². The number of carboxylic acid groups (broad SMARTS) is 1. The average molecular weight is 244 g/mol. The molecule has 18 heavy (non-hydrogen) atoms. The normalized spacial score (nSPS) is 10.9. The van der Waals surface area contributed by atoms with E-state index in [1.54, 1.807) is 24.3 Å². The van der Waals surface area contributed by atoms with Gasteiger partial charge in [0.1, 0.15) is 0 Å². The van der Waals surface area contributed by atoms with Gasteiger partial charge in [-0.2, -0.15) is 0 Å². The lowest BCUT2D eigenvalue weighted by molar-refractivity contribution is -0.110. The van der Waals surface area contributed by atoms with Crippen molar-refractivity contribution in [1.82, 2.24) is 0 Å². The Bertz CT molecular complexity index is 515. The van der Waals surface area contributed by atoms with E-state index >= 15 is 0 Å². The Morgan fingerprint density at radius 3 is 1.89 bits per heavy atom. The number of ketones is 1. The molecule has 0 fully saturated rings. The van der Waals surface area contributed by atoms with E-state index in [4.69, 9.17) is 5.11 Å². The average Bonchev–Trinajstić information content (AvgIpc) is 2.27. The van der Waals surface area contributed by atoms with E-state index in [-0.39, 0.29) is 11.3 Å². The van der Waals surface area contributed by atoms with Crippen LogP contribution in [0.15, 0.2) is 42.0 Å². The minimum Gasteiger partial charge on any atom is -0.478 e. The second-order valence-electron chi connectivity index (χ2n) is 4.33. The number of carboxylic acids is 1. The fourth-order valence-corrected chi connectivity index (χ4v) is 1.50. The summed E-state index contributed by atoms with van der Waals surface area (Å²) in [5.41, 5.74) is 2.84. The minimum atomic E-state index is -0.955. The summed E-state index contributed by atoms with van der Waals surface area (Å²) < 4.78 is 0. The molecule has 0 aliphatic heterocycles. The van der Waals surface area contributed by atoms with Gasteiger partial charge < -0.3 is 5.11 Å². The largest absolute Gasteiger partial charge is 0.478 e. The van der Waals surface area contributed by atoms with E-state index in [0.717, 1.165) is 16.7 Å². The van der Waals surface area contributed by atoms with E-state index in [1.165, 1.54) is 12.1 Å². The van der Waals surface area contributed by atoms with Crippen molar-refractivity contribution < 1.29 is 14.7 Å². The van der Waals surface area contributed by atoms with Crippen LogP contribution in [-0.2, 0) is 4.79 Å². The van der Waals surface area contributed by atoms with Gasteiger partial charge in [0.15, 0.2) is 5.78 Å². The third kappa shape index (κ3) is 4.01. The van der Waals surface area contributed by atoms with Gasteiger partial charge in [0.2, 0.25) is 0 Å².